The smallest absolute Gasteiger partial charge is 0.264 e. The zero-order chi connectivity index (χ0) is 9.03. The normalized spacial score (nSPS) is 22.6. The molecule has 0 bridgehead atoms. The number of epoxide rings is 1. The summed E-state index contributed by atoms with van der Waals surface area (Å²) in [7, 11) is -3.82. The zero-order valence-corrected chi connectivity index (χ0v) is 7.42. The first-order valence-corrected chi connectivity index (χ1v) is 5.33. The van der Waals surface area contributed by atoms with Crippen LogP contribution in [0.3, 0.4) is 0 Å². The number of rotatable bonds is 6. The molecule has 0 radical (unpaired) electrons. The van der Waals surface area contributed by atoms with Crippen molar-refractivity contribution in [1.29, 1.82) is 0 Å². The Bertz CT molecular complexity index is 218. The van der Waals surface area contributed by atoms with Crippen molar-refractivity contribution < 1.29 is 22.4 Å². The lowest BCUT2D eigenvalue weighted by Gasteiger charge is -1.99. The van der Waals surface area contributed by atoms with Crippen LogP contribution in [-0.4, -0.2) is 44.6 Å². The van der Waals surface area contributed by atoms with E-state index in [1.807, 2.05) is 0 Å². The minimum atomic E-state index is -3.82. The Morgan fingerprint density at radius 1 is 1.58 bits per heavy atom. The molecule has 1 atom stereocenters. The van der Waals surface area contributed by atoms with E-state index in [1.54, 1.807) is 0 Å². The van der Waals surface area contributed by atoms with E-state index in [0.29, 0.717) is 19.6 Å². The molecule has 0 aromatic rings. The van der Waals surface area contributed by atoms with Gasteiger partial charge in [-0.15, -0.1) is 0 Å². The van der Waals surface area contributed by atoms with E-state index >= 15 is 0 Å². The summed E-state index contributed by atoms with van der Waals surface area (Å²) >= 11 is 0. The molecule has 1 unspecified atom stereocenters. The minimum absolute atomic E-state index is 0.204. The summed E-state index contributed by atoms with van der Waals surface area (Å²) in [5, 5.41) is 0. The maximum absolute atomic E-state index is 10.2. The molecule has 0 amide bonds. The van der Waals surface area contributed by atoms with Crippen molar-refractivity contribution in [3.05, 3.63) is 0 Å². The highest BCUT2D eigenvalue weighted by Gasteiger charge is 2.22. The van der Waals surface area contributed by atoms with Crippen molar-refractivity contribution in [2.75, 3.05) is 25.6 Å². The van der Waals surface area contributed by atoms with E-state index in [9.17, 15) is 8.42 Å². The molecule has 1 N–H and O–H groups in total. The van der Waals surface area contributed by atoms with Crippen molar-refractivity contribution in [2.24, 2.45) is 0 Å². The highest BCUT2D eigenvalue weighted by Crippen LogP contribution is 2.08. The molecule has 5 nitrogen and oxygen atoms in total. The SMILES string of the molecule is O=S(=O)(O)CCCOCC1CO1. The molecule has 1 aliphatic rings. The summed E-state index contributed by atoms with van der Waals surface area (Å²) in [5.74, 6) is -0.238. The Kier molecular flexibility index (Phi) is 3.45. The van der Waals surface area contributed by atoms with Gasteiger partial charge in [-0.05, 0) is 6.42 Å². The third kappa shape index (κ3) is 5.48. The quantitative estimate of drug-likeness (QED) is 0.358. The fraction of sp³-hybridized carbons (Fsp3) is 1.00. The standard InChI is InChI=1S/C6H12O5S/c7-12(8,9)3-1-2-10-4-6-5-11-6/h6H,1-5H2,(H,7,8,9). The van der Waals surface area contributed by atoms with Gasteiger partial charge in [0.05, 0.1) is 19.0 Å². The molecule has 1 saturated heterocycles. The average Bonchev–Trinajstić information content (AvgIpc) is 2.68. The minimum Gasteiger partial charge on any atom is -0.379 e. The second-order valence-corrected chi connectivity index (χ2v) is 4.24. The van der Waals surface area contributed by atoms with Crippen molar-refractivity contribution in [3.8, 4) is 0 Å². The molecule has 1 fully saturated rings. The van der Waals surface area contributed by atoms with Gasteiger partial charge in [0.2, 0.25) is 0 Å². The fourth-order valence-electron chi connectivity index (χ4n) is 0.722. The van der Waals surface area contributed by atoms with Crippen LogP contribution in [-0.2, 0) is 19.6 Å². The first kappa shape index (κ1) is 9.91. The maximum atomic E-state index is 10.2. The van der Waals surface area contributed by atoms with Crippen molar-refractivity contribution >= 4 is 10.1 Å². The molecule has 0 aromatic carbocycles. The van der Waals surface area contributed by atoms with Crippen LogP contribution >= 0.6 is 0 Å². The fourth-order valence-corrected chi connectivity index (χ4v) is 1.21. The number of hydrogen-bond acceptors (Lipinski definition) is 4. The Morgan fingerprint density at radius 3 is 2.75 bits per heavy atom. The first-order chi connectivity index (χ1) is 5.58. The third-order valence-electron chi connectivity index (χ3n) is 1.40. The summed E-state index contributed by atoms with van der Waals surface area (Å²) in [6.45, 7) is 1.60. The molecule has 0 aliphatic carbocycles. The van der Waals surface area contributed by atoms with Crippen LogP contribution in [0.2, 0.25) is 0 Å². The van der Waals surface area contributed by atoms with Crippen molar-refractivity contribution in [2.45, 2.75) is 12.5 Å². The summed E-state index contributed by atoms with van der Waals surface area (Å²) in [6, 6.07) is 0. The van der Waals surface area contributed by atoms with Crippen molar-refractivity contribution in [3.63, 3.8) is 0 Å². The van der Waals surface area contributed by atoms with Crippen LogP contribution in [0.15, 0.2) is 0 Å². The topological polar surface area (TPSA) is 76.1 Å². The molecule has 12 heavy (non-hydrogen) atoms. The van der Waals surface area contributed by atoms with E-state index in [0.717, 1.165) is 6.61 Å². The number of ether oxygens (including phenoxy) is 2. The van der Waals surface area contributed by atoms with Gasteiger partial charge in [0.25, 0.3) is 10.1 Å². The van der Waals surface area contributed by atoms with Gasteiger partial charge in [0.1, 0.15) is 6.10 Å². The van der Waals surface area contributed by atoms with Gasteiger partial charge < -0.3 is 9.47 Å². The van der Waals surface area contributed by atoms with Gasteiger partial charge in [-0.1, -0.05) is 0 Å². The zero-order valence-electron chi connectivity index (χ0n) is 6.60. The predicted molar refractivity (Wildman–Crippen MR) is 41.6 cm³/mol. The molecule has 72 valence electrons. The summed E-state index contributed by atoms with van der Waals surface area (Å²) < 4.78 is 38.7. The van der Waals surface area contributed by atoms with Gasteiger partial charge in [0, 0.05) is 6.61 Å². The molecular formula is C6H12O5S. The van der Waals surface area contributed by atoms with Crippen LogP contribution in [0.25, 0.3) is 0 Å². The van der Waals surface area contributed by atoms with E-state index < -0.39 is 10.1 Å². The molecule has 1 heterocycles. The van der Waals surface area contributed by atoms with Gasteiger partial charge >= 0.3 is 0 Å². The Hall–Kier alpha value is -0.170. The summed E-state index contributed by atoms with van der Waals surface area (Å²) in [5.41, 5.74) is 0. The first-order valence-electron chi connectivity index (χ1n) is 3.72. The molecule has 1 aliphatic heterocycles. The average molecular weight is 196 g/mol. The van der Waals surface area contributed by atoms with Crippen LogP contribution in [0, 0.1) is 0 Å². The van der Waals surface area contributed by atoms with Gasteiger partial charge in [-0.3, -0.25) is 4.55 Å². The Labute approximate surface area is 71.4 Å². The second-order valence-electron chi connectivity index (χ2n) is 2.67. The van der Waals surface area contributed by atoms with E-state index in [4.69, 9.17) is 14.0 Å². The predicted octanol–water partition coefficient (Wildman–Crippen LogP) is -0.320. The lowest BCUT2D eigenvalue weighted by atomic mass is 10.5. The summed E-state index contributed by atoms with van der Waals surface area (Å²) in [6.07, 6.45) is 0.529. The van der Waals surface area contributed by atoms with Gasteiger partial charge in [0.15, 0.2) is 0 Å². The largest absolute Gasteiger partial charge is 0.379 e. The Morgan fingerprint density at radius 2 is 2.25 bits per heavy atom. The third-order valence-corrected chi connectivity index (χ3v) is 2.20. The van der Waals surface area contributed by atoms with Crippen LogP contribution in [0.5, 0.6) is 0 Å². The molecule has 0 aromatic heterocycles. The van der Waals surface area contributed by atoms with E-state index in [-0.39, 0.29) is 11.9 Å². The summed E-state index contributed by atoms with van der Waals surface area (Å²) in [4.78, 5) is 0. The molecule has 0 saturated carbocycles. The van der Waals surface area contributed by atoms with E-state index in [2.05, 4.69) is 0 Å². The van der Waals surface area contributed by atoms with Crippen LogP contribution < -0.4 is 0 Å². The number of hydrogen-bond donors (Lipinski definition) is 1. The molecule has 6 heteroatoms. The van der Waals surface area contributed by atoms with Gasteiger partial charge in [-0.25, -0.2) is 0 Å². The van der Waals surface area contributed by atoms with Crippen molar-refractivity contribution in [1.82, 2.24) is 0 Å². The highest BCUT2D eigenvalue weighted by atomic mass is 32.2. The second kappa shape index (κ2) is 4.18. The lowest BCUT2D eigenvalue weighted by molar-refractivity contribution is 0.117. The molecular weight excluding hydrogens is 184 g/mol. The van der Waals surface area contributed by atoms with Gasteiger partial charge in [-0.2, -0.15) is 8.42 Å². The molecule has 0 spiro atoms. The van der Waals surface area contributed by atoms with Crippen LogP contribution in [0.1, 0.15) is 6.42 Å². The Balaban J connectivity index is 1.88. The monoisotopic (exact) mass is 196 g/mol. The van der Waals surface area contributed by atoms with E-state index in [1.165, 1.54) is 0 Å². The highest BCUT2D eigenvalue weighted by molar-refractivity contribution is 7.85. The van der Waals surface area contributed by atoms with Crippen LogP contribution in [0.4, 0.5) is 0 Å². The molecule has 1 rings (SSSR count). The lowest BCUT2D eigenvalue weighted by Crippen LogP contribution is -2.09. The maximum Gasteiger partial charge on any atom is 0.264 e.